The number of rotatable bonds is 6. The van der Waals surface area contributed by atoms with Gasteiger partial charge in [0, 0.05) is 13.6 Å². The first-order chi connectivity index (χ1) is 5.81. The van der Waals surface area contributed by atoms with E-state index in [1.165, 1.54) is 32.1 Å². The monoisotopic (exact) mass is 171 g/mol. The quantitative estimate of drug-likeness (QED) is 0.361. The van der Waals surface area contributed by atoms with Crippen LogP contribution in [0.1, 0.15) is 39.0 Å². The molecule has 0 rings (SSSR count). The summed E-state index contributed by atoms with van der Waals surface area (Å²) in [7, 11) is 1.69. The summed E-state index contributed by atoms with van der Waals surface area (Å²) in [6.07, 6.45) is 6.46. The third-order valence-corrected chi connectivity index (χ3v) is 1.83. The summed E-state index contributed by atoms with van der Waals surface area (Å²) in [4.78, 5) is 3.81. The predicted octanol–water partition coefficient (Wildman–Crippen LogP) is 1.49. The summed E-state index contributed by atoms with van der Waals surface area (Å²) in [6, 6.07) is 0. The third-order valence-electron chi connectivity index (χ3n) is 1.83. The molecule has 0 bridgehead atoms. The average molecular weight is 171 g/mol. The van der Waals surface area contributed by atoms with Crippen molar-refractivity contribution in [3.63, 3.8) is 0 Å². The fourth-order valence-corrected chi connectivity index (χ4v) is 1.02. The minimum atomic E-state index is 0.547. The van der Waals surface area contributed by atoms with Crippen molar-refractivity contribution in [2.75, 3.05) is 13.6 Å². The molecular weight excluding hydrogens is 150 g/mol. The van der Waals surface area contributed by atoms with Crippen LogP contribution in [0.4, 0.5) is 0 Å². The Hall–Kier alpha value is -0.730. The van der Waals surface area contributed by atoms with E-state index in [1.54, 1.807) is 7.05 Å². The summed E-state index contributed by atoms with van der Waals surface area (Å²) >= 11 is 0. The van der Waals surface area contributed by atoms with Gasteiger partial charge in [-0.2, -0.15) is 0 Å². The lowest BCUT2D eigenvalue weighted by atomic mass is 10.1. The van der Waals surface area contributed by atoms with E-state index in [0.717, 1.165) is 6.54 Å². The number of hydrogen-bond donors (Lipinski definition) is 2. The molecule has 0 radical (unpaired) electrons. The largest absolute Gasteiger partial charge is 0.370 e. The number of nitrogens with two attached hydrogens (primary N) is 1. The van der Waals surface area contributed by atoms with Gasteiger partial charge in [0.05, 0.1) is 0 Å². The van der Waals surface area contributed by atoms with E-state index in [2.05, 4.69) is 17.2 Å². The molecule has 3 nitrogen and oxygen atoms in total. The second-order valence-electron chi connectivity index (χ2n) is 2.95. The number of aliphatic imine (C=N–C) groups is 1. The Labute approximate surface area is 75.4 Å². The zero-order valence-electron chi connectivity index (χ0n) is 8.27. The minimum absolute atomic E-state index is 0.547. The maximum Gasteiger partial charge on any atom is 0.188 e. The highest BCUT2D eigenvalue weighted by Gasteiger charge is 1.89. The molecule has 0 fully saturated rings. The summed E-state index contributed by atoms with van der Waals surface area (Å²) < 4.78 is 0. The first-order valence-corrected chi connectivity index (χ1v) is 4.77. The summed E-state index contributed by atoms with van der Waals surface area (Å²) in [5, 5.41) is 3.04. The van der Waals surface area contributed by atoms with Crippen LogP contribution in [0.3, 0.4) is 0 Å². The maximum atomic E-state index is 5.45. The SMILES string of the molecule is CCCCCCCNC(N)=NC. The normalized spacial score (nSPS) is 11.7. The van der Waals surface area contributed by atoms with Crippen LogP contribution < -0.4 is 11.1 Å². The molecule has 0 amide bonds. The second kappa shape index (κ2) is 8.37. The fourth-order valence-electron chi connectivity index (χ4n) is 1.02. The van der Waals surface area contributed by atoms with Crippen molar-refractivity contribution in [3.05, 3.63) is 0 Å². The lowest BCUT2D eigenvalue weighted by molar-refractivity contribution is 0.623. The minimum Gasteiger partial charge on any atom is -0.370 e. The van der Waals surface area contributed by atoms with Gasteiger partial charge in [0.25, 0.3) is 0 Å². The first kappa shape index (κ1) is 11.3. The summed E-state index contributed by atoms with van der Waals surface area (Å²) in [6.45, 7) is 3.17. The van der Waals surface area contributed by atoms with E-state index < -0.39 is 0 Å². The van der Waals surface area contributed by atoms with Gasteiger partial charge in [-0.15, -0.1) is 0 Å². The van der Waals surface area contributed by atoms with E-state index in [0.29, 0.717) is 5.96 Å². The topological polar surface area (TPSA) is 50.4 Å². The van der Waals surface area contributed by atoms with Crippen molar-refractivity contribution in [2.24, 2.45) is 10.7 Å². The molecule has 12 heavy (non-hydrogen) atoms. The second-order valence-corrected chi connectivity index (χ2v) is 2.95. The van der Waals surface area contributed by atoms with Crippen LogP contribution >= 0.6 is 0 Å². The highest BCUT2D eigenvalue weighted by molar-refractivity contribution is 5.77. The van der Waals surface area contributed by atoms with Gasteiger partial charge in [0.2, 0.25) is 0 Å². The lowest BCUT2D eigenvalue weighted by Gasteiger charge is -2.03. The average Bonchev–Trinajstić information content (AvgIpc) is 2.10. The molecule has 0 saturated carbocycles. The molecule has 3 N–H and O–H groups in total. The van der Waals surface area contributed by atoms with Gasteiger partial charge >= 0.3 is 0 Å². The van der Waals surface area contributed by atoms with Gasteiger partial charge in [0.1, 0.15) is 0 Å². The predicted molar refractivity (Wildman–Crippen MR) is 54.3 cm³/mol. The zero-order valence-corrected chi connectivity index (χ0v) is 8.27. The van der Waals surface area contributed by atoms with E-state index in [1.807, 2.05) is 0 Å². The number of hydrogen-bond acceptors (Lipinski definition) is 1. The standard InChI is InChI=1S/C9H21N3/c1-3-4-5-6-7-8-12-9(10)11-2/h3-8H2,1-2H3,(H3,10,11,12). The molecule has 0 atom stereocenters. The smallest absolute Gasteiger partial charge is 0.188 e. The molecule has 0 spiro atoms. The van der Waals surface area contributed by atoms with Crippen LogP contribution in [0.15, 0.2) is 4.99 Å². The molecule has 0 aromatic heterocycles. The molecule has 0 unspecified atom stereocenters. The maximum absolute atomic E-state index is 5.45. The molecule has 0 aromatic rings. The number of nitrogens with one attached hydrogen (secondary N) is 1. The Kier molecular flexibility index (Phi) is 7.86. The Morgan fingerprint density at radius 1 is 1.25 bits per heavy atom. The van der Waals surface area contributed by atoms with Gasteiger partial charge in [-0.25, -0.2) is 0 Å². The molecule has 3 heteroatoms. The van der Waals surface area contributed by atoms with Gasteiger partial charge in [-0.3, -0.25) is 4.99 Å². The van der Waals surface area contributed by atoms with Crippen molar-refractivity contribution in [3.8, 4) is 0 Å². The Bertz CT molecular complexity index is 121. The first-order valence-electron chi connectivity index (χ1n) is 4.77. The molecule has 0 aliphatic carbocycles. The highest BCUT2D eigenvalue weighted by atomic mass is 15.1. The molecular formula is C9H21N3. The van der Waals surface area contributed by atoms with E-state index in [4.69, 9.17) is 5.73 Å². The van der Waals surface area contributed by atoms with Gasteiger partial charge < -0.3 is 11.1 Å². The van der Waals surface area contributed by atoms with Crippen LogP contribution in [0.5, 0.6) is 0 Å². The van der Waals surface area contributed by atoms with Crippen LogP contribution in [0, 0.1) is 0 Å². The van der Waals surface area contributed by atoms with Gasteiger partial charge in [-0.1, -0.05) is 32.6 Å². The number of guanidine groups is 1. The summed E-state index contributed by atoms with van der Waals surface area (Å²) in [5.41, 5.74) is 5.45. The Morgan fingerprint density at radius 2 is 1.92 bits per heavy atom. The van der Waals surface area contributed by atoms with E-state index >= 15 is 0 Å². The van der Waals surface area contributed by atoms with Crippen molar-refractivity contribution >= 4 is 5.96 Å². The molecule has 0 aromatic carbocycles. The molecule has 0 aliphatic rings. The fraction of sp³-hybridized carbons (Fsp3) is 0.889. The number of unbranched alkanes of at least 4 members (excludes halogenated alkanes) is 4. The van der Waals surface area contributed by atoms with Crippen molar-refractivity contribution in [2.45, 2.75) is 39.0 Å². The lowest BCUT2D eigenvalue weighted by Crippen LogP contribution is -2.31. The Morgan fingerprint density at radius 3 is 2.50 bits per heavy atom. The van der Waals surface area contributed by atoms with E-state index in [9.17, 15) is 0 Å². The van der Waals surface area contributed by atoms with Crippen molar-refractivity contribution in [1.82, 2.24) is 5.32 Å². The number of nitrogens with zero attached hydrogens (tertiary/aromatic N) is 1. The summed E-state index contributed by atoms with van der Waals surface area (Å²) in [5.74, 6) is 0.547. The van der Waals surface area contributed by atoms with Crippen molar-refractivity contribution in [1.29, 1.82) is 0 Å². The van der Waals surface area contributed by atoms with Gasteiger partial charge in [-0.05, 0) is 6.42 Å². The van der Waals surface area contributed by atoms with E-state index in [-0.39, 0.29) is 0 Å². The van der Waals surface area contributed by atoms with Crippen LogP contribution in [0.2, 0.25) is 0 Å². The van der Waals surface area contributed by atoms with Crippen LogP contribution in [-0.2, 0) is 0 Å². The molecule has 0 aliphatic heterocycles. The Balaban J connectivity index is 3.00. The molecule has 72 valence electrons. The zero-order chi connectivity index (χ0) is 9.23. The van der Waals surface area contributed by atoms with Crippen molar-refractivity contribution < 1.29 is 0 Å². The highest BCUT2D eigenvalue weighted by Crippen LogP contribution is 2.00. The van der Waals surface area contributed by atoms with Crippen LogP contribution in [-0.4, -0.2) is 19.6 Å². The molecule has 0 heterocycles. The van der Waals surface area contributed by atoms with Crippen LogP contribution in [0.25, 0.3) is 0 Å². The third kappa shape index (κ3) is 7.38. The molecule has 0 saturated heterocycles. The van der Waals surface area contributed by atoms with Gasteiger partial charge in [0.15, 0.2) is 5.96 Å².